The van der Waals surface area contributed by atoms with E-state index < -0.39 is 193 Å². The number of hydrogen-bond donors (Lipinski definition) is 12. The number of fused-ring (bicyclic) bond motifs is 5. The number of carboxylic acids is 1. The standard InChI is InChI=1S/C61H89N9O18S2/c1-6-31(2)40-22-37(72)25-64-56(82)36-20-41-39-14-16-49(88-5)42(29-89-18-8-7-17-63-55(81)35-12-9-34(10-13-35)11-15-46(74)32(3)19-52(79)80)54(39)69-60(41)90(87)30-44(66-51(78)26-65-57(40)83)58(84)67-43(24-50(62)77)61(86)70-27-38(73)23-45(70)59(85)68-53(47(75)21-36)33(4)48(76)28-71/h14,16,31-36,38,40,43-45,48,53,69,71,73,76H,6-13,15,17-30H2,1-5H3,(H2,62,77)(H,63,81)(H,64,82)(H,65,83)(H,66,78)(H,67,84)(H,68,85)(H,79,80)/t31-,32?,33-,34?,35?,36+,38+,40-,43-,44-,45-,48-,53-,90?/m0/s1. The number of unbranched alkanes of at least 4 members (excludes halogenated alkanes) is 1. The highest BCUT2D eigenvalue weighted by Gasteiger charge is 2.45. The maximum atomic E-state index is 15.4. The van der Waals surface area contributed by atoms with Crippen LogP contribution in [0.25, 0.3) is 10.9 Å². The summed E-state index contributed by atoms with van der Waals surface area (Å²) in [6.45, 7) is 4.17. The van der Waals surface area contributed by atoms with Crippen molar-refractivity contribution in [1.29, 1.82) is 0 Å². The Morgan fingerprint density at radius 2 is 1.61 bits per heavy atom. The first-order chi connectivity index (χ1) is 42.7. The fourth-order valence-electron chi connectivity index (χ4n) is 12.2. The summed E-state index contributed by atoms with van der Waals surface area (Å²) < 4.78 is 21.2. The zero-order valence-electron chi connectivity index (χ0n) is 51.8. The predicted molar refractivity (Wildman–Crippen MR) is 329 cm³/mol. The van der Waals surface area contributed by atoms with Gasteiger partial charge in [-0.05, 0) is 86.7 Å². The highest BCUT2D eigenvalue weighted by atomic mass is 32.2. The molecule has 1 aromatic carbocycles. The molecule has 0 spiro atoms. The number of aliphatic hydroxyl groups is 3. The van der Waals surface area contributed by atoms with Crippen LogP contribution in [0.5, 0.6) is 5.75 Å². The number of aromatic amines is 1. The highest BCUT2D eigenvalue weighted by Crippen LogP contribution is 2.38. The third-order valence-electron chi connectivity index (χ3n) is 17.9. The van der Waals surface area contributed by atoms with Crippen LogP contribution in [0.4, 0.5) is 0 Å². The summed E-state index contributed by atoms with van der Waals surface area (Å²) in [7, 11) is -0.957. The number of carbonyl (C=O) groups is 12. The van der Waals surface area contributed by atoms with Gasteiger partial charge < -0.3 is 72.7 Å². The molecule has 1 aliphatic carbocycles. The molecule has 1 saturated carbocycles. The molecule has 1 saturated heterocycles. The minimum atomic E-state index is -2.41. The third kappa shape index (κ3) is 19.6. The Morgan fingerprint density at radius 1 is 0.900 bits per heavy atom. The average Bonchev–Trinajstić information content (AvgIpc) is 1.63. The number of nitrogens with one attached hydrogen (secondary N) is 7. The maximum Gasteiger partial charge on any atom is 0.304 e. The van der Waals surface area contributed by atoms with Gasteiger partial charge in [0, 0.05) is 85.1 Å². The number of rotatable bonds is 22. The van der Waals surface area contributed by atoms with Gasteiger partial charge in [0.25, 0.3) is 0 Å². The first-order valence-electron chi connectivity index (χ1n) is 31.0. The molecule has 1 aromatic heterocycles. The van der Waals surface area contributed by atoms with Crippen molar-refractivity contribution < 1.29 is 86.9 Å². The van der Waals surface area contributed by atoms with Gasteiger partial charge in [-0.1, -0.05) is 34.1 Å². The van der Waals surface area contributed by atoms with Gasteiger partial charge in [-0.2, -0.15) is 11.8 Å². The first-order valence-corrected chi connectivity index (χ1v) is 33.5. The van der Waals surface area contributed by atoms with Crippen LogP contribution in [-0.2, 0) is 80.5 Å². The number of ketones is 3. The number of aliphatic carboxylic acids is 1. The summed E-state index contributed by atoms with van der Waals surface area (Å²) in [5.74, 6) is -13.5. The second kappa shape index (κ2) is 34.0. The fourth-order valence-corrected chi connectivity index (χ4v) is 14.7. The van der Waals surface area contributed by atoms with Gasteiger partial charge >= 0.3 is 5.97 Å². The molecule has 29 heteroatoms. The van der Waals surface area contributed by atoms with Crippen molar-refractivity contribution in [2.24, 2.45) is 47.2 Å². The number of thioether (sulfide) groups is 1. The van der Waals surface area contributed by atoms with Crippen molar-refractivity contribution in [3.63, 3.8) is 0 Å². The van der Waals surface area contributed by atoms with E-state index in [2.05, 4.69) is 36.9 Å². The number of amides is 8. The number of Topliss-reactive ketones (excluding diaryl/α,β-unsaturated/α-hetero) is 3. The SMILES string of the molecule is CC[C@H](C)[C@@H]1CC(=O)CNC(=O)[C@H]2CC(=O)[C@H]([C@@H](C)[C@@H](O)CO)NC(=O)[C@@H]3C[C@@H](O)CN3C(=O)[C@H](CC(N)=O)NC(=O)[C@H](CS(=O)c3[nH]c4c(CSCCCCNC(=O)C5CCC(CCC(=O)C(C)CC(=O)O)CC5)c(OC)ccc4c3C2)NC(=O)CNC1=O. The smallest absolute Gasteiger partial charge is 0.304 e. The Balaban J connectivity index is 1.35. The fraction of sp³-hybridized carbons (Fsp3) is 0.672. The molecule has 2 aromatic rings. The normalized spacial score (nSPS) is 26.7. The summed E-state index contributed by atoms with van der Waals surface area (Å²) in [6, 6.07) is -3.65. The minimum absolute atomic E-state index is 0.0323. The number of carboxylic acid groups (broad SMARTS) is 1. The van der Waals surface area contributed by atoms with E-state index in [1.807, 2.05) is 0 Å². The van der Waals surface area contributed by atoms with Gasteiger partial charge in [-0.25, -0.2) is 0 Å². The van der Waals surface area contributed by atoms with Gasteiger partial charge in [-0.3, -0.25) is 61.7 Å². The monoisotopic (exact) mass is 1300 g/mol. The number of aliphatic hydroxyl groups excluding tert-OH is 3. The Kier molecular flexibility index (Phi) is 27.3. The van der Waals surface area contributed by atoms with Crippen LogP contribution in [-0.4, -0.2) is 193 Å². The topological polar surface area (TPSA) is 429 Å². The molecular weight excluding hydrogens is 1210 g/mol. The lowest BCUT2D eigenvalue weighted by Gasteiger charge is -2.32. The third-order valence-corrected chi connectivity index (χ3v) is 20.5. The lowest BCUT2D eigenvalue weighted by Crippen LogP contribution is -2.60. The number of nitrogens with zero attached hydrogens (tertiary/aromatic N) is 1. The van der Waals surface area contributed by atoms with Crippen molar-refractivity contribution in [3.8, 4) is 5.75 Å². The molecule has 498 valence electrons. The molecule has 2 fully saturated rings. The number of hydrogen-bond acceptors (Lipinski definition) is 18. The Hall–Kier alpha value is -6.82. The quantitative estimate of drug-likeness (QED) is 0.0688. The lowest BCUT2D eigenvalue weighted by atomic mass is 9.79. The summed E-state index contributed by atoms with van der Waals surface area (Å²) in [5.41, 5.74) is 6.76. The van der Waals surface area contributed by atoms with E-state index in [0.717, 1.165) is 17.7 Å². The van der Waals surface area contributed by atoms with E-state index in [0.29, 0.717) is 85.4 Å². The van der Waals surface area contributed by atoms with Gasteiger partial charge in [0.2, 0.25) is 47.3 Å². The molecule has 0 radical (unpaired) electrons. The maximum absolute atomic E-state index is 15.4. The average molecular weight is 1300 g/mol. The van der Waals surface area contributed by atoms with Crippen molar-refractivity contribution in [2.75, 3.05) is 51.4 Å². The molecule has 27 nitrogen and oxygen atoms in total. The van der Waals surface area contributed by atoms with Crippen LogP contribution in [0.1, 0.15) is 129 Å². The lowest BCUT2D eigenvalue weighted by molar-refractivity contribution is -0.144. The Bertz CT molecular complexity index is 3010. The van der Waals surface area contributed by atoms with E-state index in [4.69, 9.17) is 15.6 Å². The molecule has 12 atom stereocenters. The largest absolute Gasteiger partial charge is 0.496 e. The van der Waals surface area contributed by atoms with E-state index >= 15 is 9.00 Å². The molecule has 4 aliphatic rings. The molecule has 13 N–H and O–H groups in total. The number of aromatic nitrogens is 1. The van der Waals surface area contributed by atoms with Crippen molar-refractivity contribution in [3.05, 3.63) is 23.3 Å². The summed E-state index contributed by atoms with van der Waals surface area (Å²) >= 11 is 1.52. The van der Waals surface area contributed by atoms with Gasteiger partial charge in [0.05, 0.1) is 80.0 Å². The second-order valence-electron chi connectivity index (χ2n) is 24.5. The van der Waals surface area contributed by atoms with Crippen molar-refractivity contribution >= 4 is 104 Å². The zero-order valence-corrected chi connectivity index (χ0v) is 53.4. The molecule has 2 unspecified atom stereocenters. The van der Waals surface area contributed by atoms with Gasteiger partial charge in [-0.15, -0.1) is 0 Å². The van der Waals surface area contributed by atoms with Crippen LogP contribution in [0.2, 0.25) is 0 Å². The summed E-state index contributed by atoms with van der Waals surface area (Å²) in [6.07, 6.45) is -0.264. The Morgan fingerprint density at radius 3 is 2.28 bits per heavy atom. The van der Waals surface area contributed by atoms with E-state index in [1.54, 1.807) is 32.9 Å². The van der Waals surface area contributed by atoms with E-state index in [-0.39, 0.29) is 46.8 Å². The summed E-state index contributed by atoms with van der Waals surface area (Å²) in [4.78, 5) is 168. The summed E-state index contributed by atoms with van der Waals surface area (Å²) in [5, 5.41) is 57.1. The number of primary amides is 1. The minimum Gasteiger partial charge on any atom is -0.496 e. The van der Waals surface area contributed by atoms with Crippen LogP contribution in [0.3, 0.4) is 0 Å². The molecule has 2 bridgehead atoms. The number of methoxy groups -OCH3 is 1. The van der Waals surface area contributed by atoms with Gasteiger partial charge in [0.1, 0.15) is 34.7 Å². The highest BCUT2D eigenvalue weighted by molar-refractivity contribution is 7.98. The first kappa shape index (κ1) is 72.2. The number of benzene rings is 1. The number of nitrogens with two attached hydrogens (primary N) is 1. The van der Waals surface area contributed by atoms with E-state index in [1.165, 1.54) is 25.8 Å². The van der Waals surface area contributed by atoms with E-state index in [9.17, 15) is 68.1 Å². The van der Waals surface area contributed by atoms with Crippen molar-refractivity contribution in [1.82, 2.24) is 41.8 Å². The number of carbonyl (C=O) groups excluding carboxylic acids is 11. The molecule has 3 aliphatic heterocycles. The van der Waals surface area contributed by atoms with Crippen LogP contribution >= 0.6 is 11.8 Å². The molecule has 90 heavy (non-hydrogen) atoms. The molecular formula is C61H89N9O18S2. The number of ether oxygens (including phenoxy) is 1. The van der Waals surface area contributed by atoms with Crippen molar-refractivity contribution in [2.45, 2.75) is 171 Å². The predicted octanol–water partition coefficient (Wildman–Crippen LogP) is -0.0399. The van der Waals surface area contributed by atoms with Crippen LogP contribution in [0, 0.1) is 41.4 Å². The second-order valence-corrected chi connectivity index (χ2v) is 27.0. The van der Waals surface area contributed by atoms with Crippen LogP contribution in [0.15, 0.2) is 17.2 Å². The Labute approximate surface area is 529 Å². The van der Waals surface area contributed by atoms with Gasteiger partial charge in [0.15, 0.2) is 11.6 Å². The molecule has 6 rings (SSSR count). The zero-order chi connectivity index (χ0) is 66.1. The number of H-pyrrole nitrogens is 1. The molecule has 8 amide bonds. The molecule has 4 heterocycles. The van der Waals surface area contributed by atoms with Crippen LogP contribution < -0.4 is 42.4 Å².